The Morgan fingerprint density at radius 2 is 1.74 bits per heavy atom. The summed E-state index contributed by atoms with van der Waals surface area (Å²) in [5.41, 5.74) is 4.14. The second-order valence-electron chi connectivity index (χ2n) is 5.44. The lowest BCUT2D eigenvalue weighted by Gasteiger charge is -2.08. The van der Waals surface area contributed by atoms with E-state index in [1.54, 1.807) is 6.20 Å². The van der Waals surface area contributed by atoms with Crippen LogP contribution in [0.3, 0.4) is 0 Å². The number of benzene rings is 1. The first kappa shape index (κ1) is 13.5. The predicted molar refractivity (Wildman–Crippen MR) is 92.9 cm³/mol. The molecule has 4 aromatic rings. The summed E-state index contributed by atoms with van der Waals surface area (Å²) >= 11 is 0. The van der Waals surface area contributed by atoms with E-state index in [0.717, 1.165) is 28.5 Å². The van der Waals surface area contributed by atoms with Crippen molar-refractivity contribution in [2.24, 2.45) is 0 Å². The van der Waals surface area contributed by atoms with Gasteiger partial charge in [-0.1, -0.05) is 42.0 Å². The Bertz CT molecular complexity index is 940. The SMILES string of the molecule is Cc1ccc(-c2nc3ccccn3c2Nc2ccccn2)cc1. The smallest absolute Gasteiger partial charge is 0.144 e. The molecule has 112 valence electrons. The molecule has 0 fully saturated rings. The number of anilines is 2. The van der Waals surface area contributed by atoms with E-state index in [0.29, 0.717) is 0 Å². The van der Waals surface area contributed by atoms with Gasteiger partial charge in [-0.15, -0.1) is 0 Å². The summed E-state index contributed by atoms with van der Waals surface area (Å²) in [6.07, 6.45) is 3.78. The van der Waals surface area contributed by atoms with Crippen LogP contribution in [0.2, 0.25) is 0 Å². The van der Waals surface area contributed by atoms with Crippen LogP contribution in [0.4, 0.5) is 11.6 Å². The van der Waals surface area contributed by atoms with E-state index in [4.69, 9.17) is 4.98 Å². The van der Waals surface area contributed by atoms with Crippen molar-refractivity contribution >= 4 is 17.3 Å². The van der Waals surface area contributed by atoms with Crippen LogP contribution in [-0.2, 0) is 0 Å². The molecule has 4 heteroatoms. The summed E-state index contributed by atoms with van der Waals surface area (Å²) in [6.45, 7) is 2.08. The fourth-order valence-corrected chi connectivity index (χ4v) is 2.59. The van der Waals surface area contributed by atoms with Crippen molar-refractivity contribution in [3.63, 3.8) is 0 Å². The molecule has 23 heavy (non-hydrogen) atoms. The Balaban J connectivity index is 1.89. The second kappa shape index (κ2) is 5.57. The molecule has 3 aromatic heterocycles. The first-order chi connectivity index (χ1) is 11.3. The number of rotatable bonds is 3. The van der Waals surface area contributed by atoms with Gasteiger partial charge in [0.15, 0.2) is 0 Å². The average molecular weight is 300 g/mol. The Hall–Kier alpha value is -3.14. The molecule has 0 atom stereocenters. The molecule has 0 aliphatic rings. The zero-order chi connectivity index (χ0) is 15.6. The number of aromatic nitrogens is 3. The molecule has 4 rings (SSSR count). The van der Waals surface area contributed by atoms with Gasteiger partial charge in [0.2, 0.25) is 0 Å². The van der Waals surface area contributed by atoms with Crippen LogP contribution in [0.15, 0.2) is 73.1 Å². The van der Waals surface area contributed by atoms with Crippen LogP contribution in [0.1, 0.15) is 5.56 Å². The van der Waals surface area contributed by atoms with Crippen molar-refractivity contribution in [1.29, 1.82) is 0 Å². The maximum Gasteiger partial charge on any atom is 0.144 e. The molecular weight excluding hydrogens is 284 g/mol. The molecule has 3 heterocycles. The number of nitrogens with zero attached hydrogens (tertiary/aromatic N) is 3. The van der Waals surface area contributed by atoms with Gasteiger partial charge in [-0.25, -0.2) is 9.97 Å². The van der Waals surface area contributed by atoms with Gasteiger partial charge >= 0.3 is 0 Å². The molecule has 1 N–H and O–H groups in total. The number of aryl methyl sites for hydroxylation is 1. The maximum atomic E-state index is 4.78. The van der Waals surface area contributed by atoms with Crippen molar-refractivity contribution in [2.75, 3.05) is 5.32 Å². The quantitative estimate of drug-likeness (QED) is 0.608. The topological polar surface area (TPSA) is 42.2 Å². The summed E-state index contributed by atoms with van der Waals surface area (Å²) in [4.78, 5) is 9.14. The summed E-state index contributed by atoms with van der Waals surface area (Å²) in [6, 6.07) is 20.2. The molecule has 0 amide bonds. The van der Waals surface area contributed by atoms with Crippen molar-refractivity contribution in [2.45, 2.75) is 6.92 Å². The minimum Gasteiger partial charge on any atom is -0.324 e. The highest BCUT2D eigenvalue weighted by Crippen LogP contribution is 2.30. The minimum atomic E-state index is 0.798. The van der Waals surface area contributed by atoms with Crippen LogP contribution in [0.25, 0.3) is 16.9 Å². The van der Waals surface area contributed by atoms with Crippen LogP contribution < -0.4 is 5.32 Å². The third-order valence-corrected chi connectivity index (χ3v) is 3.77. The van der Waals surface area contributed by atoms with E-state index in [9.17, 15) is 0 Å². The van der Waals surface area contributed by atoms with Gasteiger partial charge in [0, 0.05) is 18.0 Å². The normalized spacial score (nSPS) is 10.8. The third kappa shape index (κ3) is 2.55. The van der Waals surface area contributed by atoms with Gasteiger partial charge in [0.05, 0.1) is 0 Å². The van der Waals surface area contributed by atoms with E-state index in [1.807, 2.05) is 47.0 Å². The minimum absolute atomic E-state index is 0.798. The molecule has 0 bridgehead atoms. The lowest BCUT2D eigenvalue weighted by molar-refractivity contribution is 1.17. The fraction of sp³-hybridized carbons (Fsp3) is 0.0526. The monoisotopic (exact) mass is 300 g/mol. The molecule has 0 aliphatic heterocycles. The maximum absolute atomic E-state index is 4.78. The molecule has 4 nitrogen and oxygen atoms in total. The van der Waals surface area contributed by atoms with Crippen molar-refractivity contribution in [1.82, 2.24) is 14.4 Å². The molecule has 0 unspecified atom stereocenters. The molecule has 0 spiro atoms. The van der Waals surface area contributed by atoms with E-state index in [-0.39, 0.29) is 0 Å². The summed E-state index contributed by atoms with van der Waals surface area (Å²) < 4.78 is 2.05. The largest absolute Gasteiger partial charge is 0.324 e. The van der Waals surface area contributed by atoms with Gasteiger partial charge in [-0.3, -0.25) is 4.40 Å². The Morgan fingerprint density at radius 3 is 2.52 bits per heavy atom. The first-order valence-electron chi connectivity index (χ1n) is 7.53. The highest BCUT2D eigenvalue weighted by atomic mass is 15.2. The first-order valence-corrected chi connectivity index (χ1v) is 7.53. The Morgan fingerprint density at radius 1 is 0.913 bits per heavy atom. The van der Waals surface area contributed by atoms with Crippen molar-refractivity contribution in [3.05, 3.63) is 78.6 Å². The summed E-state index contributed by atoms with van der Waals surface area (Å²) in [5.74, 6) is 1.72. The van der Waals surface area contributed by atoms with Gasteiger partial charge < -0.3 is 5.32 Å². The predicted octanol–water partition coefficient (Wildman–Crippen LogP) is 4.45. The lowest BCUT2D eigenvalue weighted by Crippen LogP contribution is -1.98. The van der Waals surface area contributed by atoms with Crippen molar-refractivity contribution < 1.29 is 0 Å². The number of fused-ring (bicyclic) bond motifs is 1. The highest BCUT2D eigenvalue weighted by Gasteiger charge is 2.14. The van der Waals surface area contributed by atoms with Crippen LogP contribution in [-0.4, -0.2) is 14.4 Å². The number of imidazole rings is 1. The molecule has 0 saturated carbocycles. The van der Waals surface area contributed by atoms with E-state index in [2.05, 4.69) is 41.5 Å². The number of hydrogen-bond acceptors (Lipinski definition) is 3. The third-order valence-electron chi connectivity index (χ3n) is 3.77. The summed E-state index contributed by atoms with van der Waals surface area (Å²) in [5, 5.41) is 3.40. The van der Waals surface area contributed by atoms with Gasteiger partial charge in [0.1, 0.15) is 23.0 Å². The highest BCUT2D eigenvalue weighted by molar-refractivity contribution is 5.79. The van der Waals surface area contributed by atoms with E-state index in [1.165, 1.54) is 5.56 Å². The van der Waals surface area contributed by atoms with E-state index >= 15 is 0 Å². The zero-order valence-corrected chi connectivity index (χ0v) is 12.8. The van der Waals surface area contributed by atoms with Crippen LogP contribution in [0, 0.1) is 6.92 Å². The van der Waals surface area contributed by atoms with Crippen molar-refractivity contribution in [3.8, 4) is 11.3 Å². The zero-order valence-electron chi connectivity index (χ0n) is 12.8. The number of hydrogen-bond donors (Lipinski definition) is 1. The van der Waals surface area contributed by atoms with E-state index < -0.39 is 0 Å². The molecule has 0 saturated heterocycles. The number of nitrogens with one attached hydrogen (secondary N) is 1. The Kier molecular flexibility index (Phi) is 3.27. The fourth-order valence-electron chi connectivity index (χ4n) is 2.59. The Labute approximate surface area is 134 Å². The lowest BCUT2D eigenvalue weighted by atomic mass is 10.1. The average Bonchev–Trinajstić information content (AvgIpc) is 2.95. The number of pyridine rings is 2. The van der Waals surface area contributed by atoms with Crippen LogP contribution >= 0.6 is 0 Å². The molecule has 0 radical (unpaired) electrons. The molecule has 1 aromatic carbocycles. The molecule has 0 aliphatic carbocycles. The van der Waals surface area contributed by atoms with Gasteiger partial charge in [-0.05, 0) is 31.2 Å². The van der Waals surface area contributed by atoms with Crippen LogP contribution in [0.5, 0.6) is 0 Å². The molecular formula is C19H16N4. The second-order valence-corrected chi connectivity index (χ2v) is 5.44. The van der Waals surface area contributed by atoms with Gasteiger partial charge in [-0.2, -0.15) is 0 Å². The standard InChI is InChI=1S/C19H16N4/c1-14-8-10-15(11-9-14)18-19(21-16-6-2-4-12-20-16)23-13-5-3-7-17(23)22-18/h2-13H,1H3,(H,20,21). The van der Waals surface area contributed by atoms with Gasteiger partial charge in [0.25, 0.3) is 0 Å². The summed E-state index contributed by atoms with van der Waals surface area (Å²) in [7, 11) is 0.